The summed E-state index contributed by atoms with van der Waals surface area (Å²) in [5, 5.41) is 0.711. The molecule has 0 spiro atoms. The lowest BCUT2D eigenvalue weighted by Crippen LogP contribution is -2.25. The van der Waals surface area contributed by atoms with Gasteiger partial charge in [-0.1, -0.05) is 4.40 Å². The Labute approximate surface area is 114 Å². The molecule has 1 atom stereocenters. The van der Waals surface area contributed by atoms with Crippen LogP contribution in [0.3, 0.4) is 0 Å². The van der Waals surface area contributed by atoms with Crippen molar-refractivity contribution < 1.29 is 13.4 Å². The standard InChI is InChI=1S/C14H16FNO2S/c1-9-11-7-10(15)5-6-12(11)18-13(9)8-16-19(17)14(2,3)4/h5-8H,1-4H3/b16-8-. The van der Waals surface area contributed by atoms with Gasteiger partial charge in [-0.3, -0.25) is 0 Å². The second-order valence-corrected chi connectivity index (χ2v) is 7.26. The van der Waals surface area contributed by atoms with Gasteiger partial charge in [-0.05, 0) is 45.9 Å². The SMILES string of the molecule is Cc1c(/C=N\[S+]([O-])C(C)(C)C)oc2ccc(F)cc12. The molecule has 0 bridgehead atoms. The zero-order chi connectivity index (χ0) is 14.2. The summed E-state index contributed by atoms with van der Waals surface area (Å²) in [5.74, 6) is 0.205. The lowest BCUT2D eigenvalue weighted by atomic mass is 10.1. The van der Waals surface area contributed by atoms with Gasteiger partial charge < -0.3 is 8.97 Å². The smallest absolute Gasteiger partial charge is 0.153 e. The third-order valence-corrected chi connectivity index (χ3v) is 4.07. The second kappa shape index (κ2) is 4.98. The molecule has 3 nitrogen and oxygen atoms in total. The van der Waals surface area contributed by atoms with Crippen LogP contribution in [0.1, 0.15) is 32.1 Å². The summed E-state index contributed by atoms with van der Waals surface area (Å²) in [5.41, 5.74) is 1.39. The number of nitrogens with zero attached hydrogens (tertiary/aromatic N) is 1. The van der Waals surface area contributed by atoms with Crippen LogP contribution in [0.25, 0.3) is 11.0 Å². The van der Waals surface area contributed by atoms with Crippen LogP contribution in [0.15, 0.2) is 27.0 Å². The number of hydrogen-bond donors (Lipinski definition) is 0. The van der Waals surface area contributed by atoms with Crippen molar-refractivity contribution in [2.75, 3.05) is 0 Å². The number of rotatable bonds is 2. The van der Waals surface area contributed by atoms with Gasteiger partial charge >= 0.3 is 0 Å². The van der Waals surface area contributed by atoms with E-state index in [9.17, 15) is 8.94 Å². The van der Waals surface area contributed by atoms with Crippen molar-refractivity contribution in [2.24, 2.45) is 4.40 Å². The van der Waals surface area contributed by atoms with Gasteiger partial charge in [0.1, 0.15) is 33.7 Å². The average Bonchev–Trinajstić information content (AvgIpc) is 2.62. The maximum Gasteiger partial charge on any atom is 0.153 e. The zero-order valence-corrected chi connectivity index (χ0v) is 12.2. The van der Waals surface area contributed by atoms with E-state index in [2.05, 4.69) is 4.40 Å². The van der Waals surface area contributed by atoms with Crippen molar-refractivity contribution >= 4 is 28.5 Å². The van der Waals surface area contributed by atoms with Crippen LogP contribution in [0.5, 0.6) is 0 Å². The van der Waals surface area contributed by atoms with Crippen LogP contribution in [-0.4, -0.2) is 15.5 Å². The minimum Gasteiger partial charge on any atom is -0.591 e. The molecule has 0 radical (unpaired) electrons. The van der Waals surface area contributed by atoms with E-state index in [0.29, 0.717) is 16.7 Å². The molecule has 2 rings (SSSR count). The number of halogens is 1. The molecule has 19 heavy (non-hydrogen) atoms. The number of furan rings is 1. The van der Waals surface area contributed by atoms with Gasteiger partial charge in [-0.25, -0.2) is 4.39 Å². The highest BCUT2D eigenvalue weighted by atomic mass is 32.2. The Morgan fingerprint density at radius 1 is 1.37 bits per heavy atom. The summed E-state index contributed by atoms with van der Waals surface area (Å²) >= 11 is -1.34. The maximum atomic E-state index is 13.2. The molecule has 0 fully saturated rings. The van der Waals surface area contributed by atoms with E-state index < -0.39 is 16.1 Å². The van der Waals surface area contributed by atoms with Gasteiger partial charge in [-0.15, -0.1) is 0 Å². The van der Waals surface area contributed by atoms with Gasteiger partial charge in [0.15, 0.2) is 5.76 Å². The largest absolute Gasteiger partial charge is 0.591 e. The highest BCUT2D eigenvalue weighted by Crippen LogP contribution is 2.25. The fraction of sp³-hybridized carbons (Fsp3) is 0.357. The first kappa shape index (κ1) is 14.1. The molecule has 5 heteroatoms. The quantitative estimate of drug-likeness (QED) is 0.621. The van der Waals surface area contributed by atoms with Crippen molar-refractivity contribution in [3.05, 3.63) is 35.3 Å². The molecule has 0 amide bonds. The summed E-state index contributed by atoms with van der Waals surface area (Å²) in [4.78, 5) is 0. The summed E-state index contributed by atoms with van der Waals surface area (Å²) in [6, 6.07) is 4.35. The number of benzene rings is 1. The van der Waals surface area contributed by atoms with Crippen LogP contribution >= 0.6 is 0 Å². The lowest BCUT2D eigenvalue weighted by Gasteiger charge is -2.17. The van der Waals surface area contributed by atoms with Gasteiger partial charge in [0.05, 0.1) is 0 Å². The molecule has 0 N–H and O–H groups in total. The highest BCUT2D eigenvalue weighted by molar-refractivity contribution is 7.91. The monoisotopic (exact) mass is 281 g/mol. The average molecular weight is 281 g/mol. The van der Waals surface area contributed by atoms with E-state index >= 15 is 0 Å². The molecule has 1 aromatic carbocycles. The van der Waals surface area contributed by atoms with Gasteiger partial charge in [0.2, 0.25) is 0 Å². The first-order valence-corrected chi connectivity index (χ1v) is 7.04. The molecule has 0 aliphatic heterocycles. The lowest BCUT2D eigenvalue weighted by molar-refractivity contribution is 0.561. The maximum absolute atomic E-state index is 13.2. The van der Waals surface area contributed by atoms with Gasteiger partial charge in [0, 0.05) is 10.9 Å². The Bertz CT molecular complexity index is 628. The molecule has 0 saturated heterocycles. The first-order chi connectivity index (χ1) is 8.79. The van der Waals surface area contributed by atoms with E-state index in [4.69, 9.17) is 4.42 Å². The van der Waals surface area contributed by atoms with Crippen LogP contribution < -0.4 is 0 Å². The van der Waals surface area contributed by atoms with E-state index in [1.807, 2.05) is 27.7 Å². The van der Waals surface area contributed by atoms with Crippen LogP contribution in [0, 0.1) is 12.7 Å². The van der Waals surface area contributed by atoms with Crippen molar-refractivity contribution in [3.63, 3.8) is 0 Å². The van der Waals surface area contributed by atoms with Crippen molar-refractivity contribution in [2.45, 2.75) is 32.4 Å². The molecule has 0 saturated carbocycles. The Hall–Kier alpha value is -1.33. The third-order valence-electron chi connectivity index (χ3n) is 2.72. The fourth-order valence-corrected chi connectivity index (χ4v) is 2.10. The predicted molar refractivity (Wildman–Crippen MR) is 76.4 cm³/mol. The Kier molecular flexibility index (Phi) is 3.69. The number of fused-ring (bicyclic) bond motifs is 1. The van der Waals surface area contributed by atoms with E-state index in [-0.39, 0.29) is 5.82 Å². The third kappa shape index (κ3) is 2.98. The summed E-state index contributed by atoms with van der Waals surface area (Å²) in [7, 11) is 0. The minimum absolute atomic E-state index is 0.307. The van der Waals surface area contributed by atoms with Crippen LogP contribution in [-0.2, 0) is 11.4 Å². The predicted octanol–water partition coefficient (Wildman–Crippen LogP) is 3.76. The van der Waals surface area contributed by atoms with Crippen LogP contribution in [0.4, 0.5) is 4.39 Å². The summed E-state index contributed by atoms with van der Waals surface area (Å²) in [6.45, 7) is 7.37. The van der Waals surface area contributed by atoms with Crippen molar-refractivity contribution in [3.8, 4) is 0 Å². The Balaban J connectivity index is 2.36. The molecule has 1 heterocycles. The van der Waals surface area contributed by atoms with E-state index in [1.165, 1.54) is 18.3 Å². The Morgan fingerprint density at radius 2 is 2.05 bits per heavy atom. The van der Waals surface area contributed by atoms with E-state index in [1.54, 1.807) is 6.07 Å². The highest BCUT2D eigenvalue weighted by Gasteiger charge is 2.26. The summed E-state index contributed by atoms with van der Waals surface area (Å²) in [6.07, 6.45) is 1.45. The molecule has 1 aromatic heterocycles. The molecular formula is C14H16FNO2S. The van der Waals surface area contributed by atoms with Gasteiger partial charge in [0.25, 0.3) is 0 Å². The number of hydrogen-bond acceptors (Lipinski definition) is 3. The summed E-state index contributed by atoms with van der Waals surface area (Å²) < 4.78 is 34.2. The Morgan fingerprint density at radius 3 is 2.68 bits per heavy atom. The molecule has 0 aliphatic carbocycles. The number of aryl methyl sites for hydroxylation is 1. The van der Waals surface area contributed by atoms with E-state index in [0.717, 1.165) is 5.56 Å². The van der Waals surface area contributed by atoms with Crippen LogP contribution in [0.2, 0.25) is 0 Å². The second-order valence-electron chi connectivity index (χ2n) is 5.33. The van der Waals surface area contributed by atoms with Gasteiger partial charge in [-0.2, -0.15) is 0 Å². The molecule has 0 aliphatic rings. The van der Waals surface area contributed by atoms with Crippen molar-refractivity contribution in [1.29, 1.82) is 0 Å². The fourth-order valence-electron chi connectivity index (χ4n) is 1.59. The zero-order valence-electron chi connectivity index (χ0n) is 11.4. The van der Waals surface area contributed by atoms with Crippen molar-refractivity contribution in [1.82, 2.24) is 0 Å². The molecular weight excluding hydrogens is 265 g/mol. The topological polar surface area (TPSA) is 48.6 Å². The first-order valence-electron chi connectivity index (χ1n) is 5.94. The molecule has 1 unspecified atom stereocenters. The normalized spacial score (nSPS) is 14.4. The molecule has 102 valence electrons. The minimum atomic E-state index is -1.34. The molecule has 2 aromatic rings.